The van der Waals surface area contributed by atoms with Gasteiger partial charge in [-0.3, -0.25) is 14.4 Å². The topological polar surface area (TPSA) is 86.5 Å². The third-order valence-corrected chi connectivity index (χ3v) is 13.7. The van der Waals surface area contributed by atoms with Crippen molar-refractivity contribution in [1.82, 2.24) is 5.16 Å². The average Bonchev–Trinajstić information content (AvgIpc) is 3.37. The summed E-state index contributed by atoms with van der Waals surface area (Å²) < 4.78 is 12.1. The fourth-order valence-corrected chi connectivity index (χ4v) is 11.2. The summed E-state index contributed by atoms with van der Waals surface area (Å²) in [6.45, 7) is 13.1. The summed E-state index contributed by atoms with van der Waals surface area (Å²) in [5.41, 5.74) is -2.10. The second-order valence-electron chi connectivity index (χ2n) is 15.1. The molecule has 6 nitrogen and oxygen atoms in total. The molecular formula is C31H38ClNO5. The number of ether oxygens (including phenoxy) is 1. The largest absolute Gasteiger partial charge is 0.449 e. The van der Waals surface area contributed by atoms with Gasteiger partial charge in [-0.15, -0.1) is 0 Å². The van der Waals surface area contributed by atoms with Crippen LogP contribution in [0.2, 0.25) is 0 Å². The van der Waals surface area contributed by atoms with Crippen LogP contribution in [0.1, 0.15) is 97.8 Å². The first kappa shape index (κ1) is 25.0. The molecule has 2 heterocycles. The molecule has 1 aromatic rings. The van der Waals surface area contributed by atoms with Crippen LogP contribution in [-0.2, 0) is 31.0 Å². The number of hydrogen-bond acceptors (Lipinski definition) is 6. The SMILES string of the molecule is CC1(C)CC[C@@]23CC[C@@]4(C)[C@]5(C)CC[C@@H]6[C@](C)(Cc7cnoc7[C@@]6(C)C(=O)Cl)C5=CC(=O)[C@]4(OC2=O)[C@@H]3C1. The highest BCUT2D eigenvalue weighted by Crippen LogP contribution is 2.78. The smallest absolute Gasteiger partial charge is 0.313 e. The minimum Gasteiger partial charge on any atom is -0.449 e. The van der Waals surface area contributed by atoms with Gasteiger partial charge >= 0.3 is 5.97 Å². The van der Waals surface area contributed by atoms with E-state index in [1.807, 2.05) is 13.0 Å². The number of fused-ring (bicyclic) bond motifs is 5. The van der Waals surface area contributed by atoms with E-state index in [1.54, 1.807) is 6.20 Å². The molecule has 7 heteroatoms. The highest BCUT2D eigenvalue weighted by atomic mass is 35.5. The number of hydrogen-bond donors (Lipinski definition) is 0. The van der Waals surface area contributed by atoms with Crippen LogP contribution in [0.4, 0.5) is 0 Å². The van der Waals surface area contributed by atoms with E-state index in [0.717, 1.165) is 56.1 Å². The van der Waals surface area contributed by atoms with Gasteiger partial charge in [-0.2, -0.15) is 0 Å². The van der Waals surface area contributed by atoms with Gasteiger partial charge in [0.05, 0.1) is 11.6 Å². The highest BCUT2D eigenvalue weighted by Gasteiger charge is 2.82. The Morgan fingerprint density at radius 3 is 2.42 bits per heavy atom. The van der Waals surface area contributed by atoms with Crippen molar-refractivity contribution in [2.75, 3.05) is 0 Å². The number of carbonyl (C=O) groups is 3. The van der Waals surface area contributed by atoms with E-state index < -0.39 is 32.5 Å². The predicted octanol–water partition coefficient (Wildman–Crippen LogP) is 6.09. The minimum atomic E-state index is -1.13. The summed E-state index contributed by atoms with van der Waals surface area (Å²) in [7, 11) is 0. The van der Waals surface area contributed by atoms with Crippen LogP contribution in [0.15, 0.2) is 22.4 Å². The summed E-state index contributed by atoms with van der Waals surface area (Å²) in [5.74, 6) is 0.117. The van der Waals surface area contributed by atoms with Crippen LogP contribution < -0.4 is 0 Å². The zero-order valence-corrected chi connectivity index (χ0v) is 24.1. The molecule has 1 aromatic heterocycles. The summed E-state index contributed by atoms with van der Waals surface area (Å²) in [6, 6.07) is 0. The highest BCUT2D eigenvalue weighted by molar-refractivity contribution is 6.65. The third-order valence-electron chi connectivity index (χ3n) is 13.3. The summed E-state index contributed by atoms with van der Waals surface area (Å²) in [4.78, 5) is 41.4. The Labute approximate surface area is 229 Å². The minimum absolute atomic E-state index is 0.0537. The molecule has 0 unspecified atom stereocenters. The predicted molar refractivity (Wildman–Crippen MR) is 140 cm³/mol. The van der Waals surface area contributed by atoms with E-state index in [9.17, 15) is 14.4 Å². The number of carbonyl (C=O) groups excluding carboxylic acids is 3. The van der Waals surface area contributed by atoms with E-state index in [0.29, 0.717) is 12.2 Å². The van der Waals surface area contributed by atoms with Crippen molar-refractivity contribution in [1.29, 1.82) is 0 Å². The Balaban J connectivity index is 1.45. The monoisotopic (exact) mass is 539 g/mol. The second kappa shape index (κ2) is 6.85. The molecule has 4 fully saturated rings. The van der Waals surface area contributed by atoms with Crippen molar-refractivity contribution < 1.29 is 23.6 Å². The first-order valence-corrected chi connectivity index (χ1v) is 14.6. The van der Waals surface area contributed by atoms with E-state index in [1.165, 1.54) is 0 Å². The maximum atomic E-state index is 14.6. The van der Waals surface area contributed by atoms with E-state index >= 15 is 0 Å². The van der Waals surface area contributed by atoms with Crippen molar-refractivity contribution in [2.45, 2.75) is 104 Å². The number of halogens is 1. The lowest BCUT2D eigenvalue weighted by molar-refractivity contribution is -0.207. The van der Waals surface area contributed by atoms with Gasteiger partial charge in [0.2, 0.25) is 5.24 Å². The number of esters is 1. The maximum Gasteiger partial charge on any atom is 0.313 e. The molecule has 1 aliphatic heterocycles. The summed E-state index contributed by atoms with van der Waals surface area (Å²) in [6.07, 6.45) is 9.88. The molecule has 2 bridgehead atoms. The molecule has 0 N–H and O–H groups in total. The van der Waals surface area contributed by atoms with Gasteiger partial charge in [0.25, 0.3) is 0 Å². The van der Waals surface area contributed by atoms with Crippen molar-refractivity contribution in [3.63, 3.8) is 0 Å². The standard InChI is InChI=1S/C31H38ClNO5/c1-25(2)9-11-30-12-10-28(5)27(4)8-7-18-26(3,14-17-16-33-38-22(17)29(18,6)23(32)35)19(27)13-21(34)31(28,20(30)15-25)37-24(30)36/h13,16,18,20H,7-12,14-15H2,1-6H3/t18-,20-,26+,27-,28+,29+,30+,31-/m1/s1. The molecule has 8 atom stereocenters. The second-order valence-corrected chi connectivity index (χ2v) is 15.5. The van der Waals surface area contributed by atoms with Crippen LogP contribution in [0, 0.1) is 38.9 Å². The van der Waals surface area contributed by atoms with Crippen LogP contribution in [-0.4, -0.2) is 27.8 Å². The van der Waals surface area contributed by atoms with Gasteiger partial charge in [-0.1, -0.05) is 45.3 Å². The zero-order valence-electron chi connectivity index (χ0n) is 23.3. The number of aromatic nitrogens is 1. The normalized spacial score (nSPS) is 50.0. The van der Waals surface area contributed by atoms with Crippen molar-refractivity contribution >= 4 is 28.6 Å². The summed E-state index contributed by atoms with van der Waals surface area (Å²) in [5, 5.41) is 3.61. The van der Waals surface area contributed by atoms with E-state index in [-0.39, 0.29) is 34.4 Å². The maximum absolute atomic E-state index is 14.6. The summed E-state index contributed by atoms with van der Waals surface area (Å²) >= 11 is 6.34. The van der Waals surface area contributed by atoms with Gasteiger partial charge in [0.1, 0.15) is 5.41 Å². The van der Waals surface area contributed by atoms with Crippen LogP contribution in [0.3, 0.4) is 0 Å². The molecule has 0 aromatic carbocycles. The fourth-order valence-electron chi connectivity index (χ4n) is 11.0. The Kier molecular flexibility index (Phi) is 4.51. The lowest BCUT2D eigenvalue weighted by Gasteiger charge is -2.69. The lowest BCUT2D eigenvalue weighted by Crippen LogP contribution is -2.72. The van der Waals surface area contributed by atoms with Crippen LogP contribution >= 0.6 is 11.6 Å². The number of nitrogens with zero attached hydrogens (tertiary/aromatic N) is 1. The van der Waals surface area contributed by atoms with Crippen molar-refractivity contribution in [2.24, 2.45) is 38.9 Å². The molecule has 38 heavy (non-hydrogen) atoms. The van der Waals surface area contributed by atoms with Gasteiger partial charge < -0.3 is 9.26 Å². The molecule has 6 aliphatic rings. The van der Waals surface area contributed by atoms with Gasteiger partial charge in [-0.25, -0.2) is 0 Å². The molecule has 3 saturated carbocycles. The molecule has 1 spiro atoms. The van der Waals surface area contributed by atoms with Gasteiger partial charge in [-0.05, 0) is 98.1 Å². The Bertz CT molecular complexity index is 1360. The zero-order chi connectivity index (χ0) is 27.3. The molecule has 204 valence electrons. The van der Waals surface area contributed by atoms with E-state index in [2.05, 4.69) is 39.8 Å². The van der Waals surface area contributed by atoms with Gasteiger partial charge in [0, 0.05) is 16.9 Å². The Morgan fingerprint density at radius 2 is 1.71 bits per heavy atom. The van der Waals surface area contributed by atoms with Crippen LogP contribution in [0.25, 0.3) is 0 Å². The van der Waals surface area contributed by atoms with Crippen LogP contribution in [0.5, 0.6) is 0 Å². The number of ketones is 1. The molecule has 0 amide bonds. The van der Waals surface area contributed by atoms with E-state index in [4.69, 9.17) is 20.9 Å². The first-order valence-electron chi connectivity index (χ1n) is 14.3. The molecular weight excluding hydrogens is 502 g/mol. The lowest BCUT2D eigenvalue weighted by atomic mass is 9.33. The molecule has 0 radical (unpaired) electrons. The van der Waals surface area contributed by atoms with Crippen molar-refractivity contribution in [3.05, 3.63) is 29.2 Å². The Hall–Kier alpha value is -1.95. The third kappa shape index (κ3) is 2.38. The molecule has 5 aliphatic carbocycles. The van der Waals surface area contributed by atoms with Gasteiger partial charge in [0.15, 0.2) is 17.1 Å². The first-order chi connectivity index (χ1) is 17.6. The number of allylic oxidation sites excluding steroid dienone is 1. The fraction of sp³-hybridized carbons (Fsp3) is 0.742. The molecule has 7 rings (SSSR count). The molecule has 1 saturated heterocycles. The quantitative estimate of drug-likeness (QED) is 0.317. The average molecular weight is 540 g/mol. The number of rotatable bonds is 1. The van der Waals surface area contributed by atoms with Crippen molar-refractivity contribution in [3.8, 4) is 0 Å². The Morgan fingerprint density at radius 1 is 1.00 bits per heavy atom.